The number of nitrogens with one attached hydrogen (secondary N) is 1. The van der Waals surface area contributed by atoms with Crippen molar-refractivity contribution in [1.29, 1.82) is 0 Å². The molecule has 21 heavy (non-hydrogen) atoms. The summed E-state index contributed by atoms with van der Waals surface area (Å²) in [5.74, 6) is 1.80. The van der Waals surface area contributed by atoms with E-state index in [1.165, 1.54) is 57.9 Å². The highest BCUT2D eigenvalue weighted by molar-refractivity contribution is 4.91. The van der Waals surface area contributed by atoms with Crippen LogP contribution in [0, 0.1) is 11.8 Å². The van der Waals surface area contributed by atoms with E-state index >= 15 is 0 Å². The van der Waals surface area contributed by atoms with Crippen LogP contribution in [0.5, 0.6) is 0 Å². The molecule has 2 saturated carbocycles. The van der Waals surface area contributed by atoms with Gasteiger partial charge in [-0.1, -0.05) is 26.2 Å². The van der Waals surface area contributed by atoms with Gasteiger partial charge in [0, 0.05) is 25.2 Å². The van der Waals surface area contributed by atoms with Crippen LogP contribution in [0.4, 0.5) is 0 Å². The lowest BCUT2D eigenvalue weighted by Crippen LogP contribution is -2.55. The molecule has 122 valence electrons. The lowest BCUT2D eigenvalue weighted by molar-refractivity contribution is -0.0949. The zero-order valence-corrected chi connectivity index (χ0v) is 14.0. The van der Waals surface area contributed by atoms with E-state index in [4.69, 9.17) is 4.74 Å². The normalized spacial score (nSPS) is 41.7. The highest BCUT2D eigenvalue weighted by Crippen LogP contribution is 2.34. The number of rotatable bonds is 4. The van der Waals surface area contributed by atoms with E-state index in [0.29, 0.717) is 12.1 Å². The molecule has 5 unspecified atom stereocenters. The van der Waals surface area contributed by atoms with E-state index in [0.717, 1.165) is 31.0 Å². The Morgan fingerprint density at radius 1 is 1.14 bits per heavy atom. The van der Waals surface area contributed by atoms with Crippen molar-refractivity contribution < 1.29 is 4.74 Å². The first-order valence-corrected chi connectivity index (χ1v) is 9.34. The van der Waals surface area contributed by atoms with Gasteiger partial charge in [0.25, 0.3) is 0 Å². The van der Waals surface area contributed by atoms with Gasteiger partial charge < -0.3 is 10.1 Å². The Balaban J connectivity index is 1.62. The van der Waals surface area contributed by atoms with Gasteiger partial charge in [-0.15, -0.1) is 0 Å². The molecule has 0 amide bonds. The quantitative estimate of drug-likeness (QED) is 0.862. The van der Waals surface area contributed by atoms with Crippen LogP contribution in [0.2, 0.25) is 0 Å². The maximum absolute atomic E-state index is 6.04. The average molecular weight is 294 g/mol. The SMILES string of the molecule is CCC1CCC(NC)C(CN2CCOC3CCCCC32)C1. The molecule has 3 rings (SSSR count). The van der Waals surface area contributed by atoms with E-state index in [2.05, 4.69) is 24.2 Å². The minimum absolute atomic E-state index is 0.533. The Hall–Kier alpha value is -0.120. The third-order valence-corrected chi connectivity index (χ3v) is 6.36. The van der Waals surface area contributed by atoms with Crippen molar-refractivity contribution in [3.8, 4) is 0 Å². The van der Waals surface area contributed by atoms with E-state index in [9.17, 15) is 0 Å². The van der Waals surface area contributed by atoms with Gasteiger partial charge >= 0.3 is 0 Å². The average Bonchev–Trinajstić information content (AvgIpc) is 2.55. The summed E-state index contributed by atoms with van der Waals surface area (Å²) in [6, 6.07) is 1.45. The van der Waals surface area contributed by atoms with Crippen LogP contribution < -0.4 is 5.32 Å². The summed E-state index contributed by atoms with van der Waals surface area (Å²) in [4.78, 5) is 2.79. The summed E-state index contributed by atoms with van der Waals surface area (Å²) >= 11 is 0. The third-order valence-electron chi connectivity index (χ3n) is 6.36. The molecule has 0 aromatic carbocycles. The van der Waals surface area contributed by atoms with Gasteiger partial charge in [-0.2, -0.15) is 0 Å². The highest BCUT2D eigenvalue weighted by Gasteiger charge is 2.37. The lowest BCUT2D eigenvalue weighted by Gasteiger charge is -2.47. The predicted octanol–water partition coefficient (Wildman–Crippen LogP) is 3.04. The monoisotopic (exact) mass is 294 g/mol. The Morgan fingerprint density at radius 2 is 2.00 bits per heavy atom. The molecule has 3 fully saturated rings. The van der Waals surface area contributed by atoms with Crippen LogP contribution in [0.25, 0.3) is 0 Å². The highest BCUT2D eigenvalue weighted by atomic mass is 16.5. The second kappa shape index (κ2) is 7.43. The lowest BCUT2D eigenvalue weighted by atomic mass is 9.76. The summed E-state index contributed by atoms with van der Waals surface area (Å²) in [5.41, 5.74) is 0. The number of hydrogen-bond acceptors (Lipinski definition) is 3. The Labute approximate surface area is 130 Å². The van der Waals surface area contributed by atoms with Crippen molar-refractivity contribution in [1.82, 2.24) is 10.2 Å². The Morgan fingerprint density at radius 3 is 2.81 bits per heavy atom. The molecular weight excluding hydrogens is 260 g/mol. The molecule has 0 aromatic rings. The van der Waals surface area contributed by atoms with E-state index in [1.807, 2.05) is 0 Å². The fourth-order valence-corrected chi connectivity index (χ4v) is 5.02. The molecule has 3 nitrogen and oxygen atoms in total. The smallest absolute Gasteiger partial charge is 0.0730 e. The second-order valence-corrected chi connectivity index (χ2v) is 7.50. The standard InChI is InChI=1S/C18H34N2O/c1-3-14-8-9-16(19-2)15(12-14)13-20-10-11-21-18-7-5-4-6-17(18)20/h14-19H,3-13H2,1-2H3. The molecule has 0 radical (unpaired) electrons. The molecule has 3 aliphatic rings. The predicted molar refractivity (Wildman–Crippen MR) is 87.5 cm³/mol. The number of morpholine rings is 1. The van der Waals surface area contributed by atoms with Gasteiger partial charge in [0.2, 0.25) is 0 Å². The summed E-state index contributed by atoms with van der Waals surface area (Å²) in [7, 11) is 2.16. The van der Waals surface area contributed by atoms with Crippen molar-refractivity contribution >= 4 is 0 Å². The number of nitrogens with zero attached hydrogens (tertiary/aromatic N) is 1. The van der Waals surface area contributed by atoms with Crippen LogP contribution in [-0.4, -0.2) is 49.8 Å². The molecular formula is C18H34N2O. The minimum Gasteiger partial charge on any atom is -0.375 e. The molecule has 1 heterocycles. The first-order chi connectivity index (χ1) is 10.3. The zero-order chi connectivity index (χ0) is 14.7. The van der Waals surface area contributed by atoms with Crippen molar-refractivity contribution in [3.05, 3.63) is 0 Å². The molecule has 1 N–H and O–H groups in total. The van der Waals surface area contributed by atoms with E-state index in [1.54, 1.807) is 0 Å². The van der Waals surface area contributed by atoms with Crippen molar-refractivity contribution in [2.75, 3.05) is 26.7 Å². The maximum Gasteiger partial charge on any atom is 0.0730 e. The van der Waals surface area contributed by atoms with Gasteiger partial charge in [0.15, 0.2) is 0 Å². The number of hydrogen-bond donors (Lipinski definition) is 1. The molecule has 0 aromatic heterocycles. The van der Waals surface area contributed by atoms with Crippen LogP contribution >= 0.6 is 0 Å². The summed E-state index contributed by atoms with van der Waals surface area (Å²) in [5, 5.41) is 3.60. The topological polar surface area (TPSA) is 24.5 Å². The molecule has 3 heteroatoms. The Bertz CT molecular complexity index is 320. The van der Waals surface area contributed by atoms with E-state index in [-0.39, 0.29) is 0 Å². The van der Waals surface area contributed by atoms with Crippen molar-refractivity contribution in [2.45, 2.75) is 76.5 Å². The summed E-state index contributed by atoms with van der Waals surface area (Å²) in [6.45, 7) is 5.78. The zero-order valence-electron chi connectivity index (χ0n) is 14.0. The third kappa shape index (κ3) is 3.62. The molecule has 0 bridgehead atoms. The summed E-state index contributed by atoms with van der Waals surface area (Å²) < 4.78 is 6.04. The first-order valence-electron chi connectivity index (χ1n) is 9.34. The fourth-order valence-electron chi connectivity index (χ4n) is 5.02. The first kappa shape index (κ1) is 15.8. The maximum atomic E-state index is 6.04. The van der Waals surface area contributed by atoms with Gasteiger partial charge in [0.1, 0.15) is 0 Å². The van der Waals surface area contributed by atoms with Crippen molar-refractivity contribution in [2.24, 2.45) is 11.8 Å². The Kier molecular flexibility index (Phi) is 5.58. The van der Waals surface area contributed by atoms with Gasteiger partial charge in [-0.25, -0.2) is 0 Å². The molecule has 5 atom stereocenters. The van der Waals surface area contributed by atoms with Crippen LogP contribution in [0.15, 0.2) is 0 Å². The van der Waals surface area contributed by atoms with Gasteiger partial charge in [0.05, 0.1) is 12.7 Å². The number of fused-ring (bicyclic) bond motifs is 1. The van der Waals surface area contributed by atoms with Crippen LogP contribution in [0.3, 0.4) is 0 Å². The van der Waals surface area contributed by atoms with Crippen molar-refractivity contribution in [3.63, 3.8) is 0 Å². The summed E-state index contributed by atoms with van der Waals surface area (Å²) in [6.07, 6.45) is 11.5. The fraction of sp³-hybridized carbons (Fsp3) is 1.00. The molecule has 1 saturated heterocycles. The van der Waals surface area contributed by atoms with Gasteiger partial charge in [-0.3, -0.25) is 4.90 Å². The minimum atomic E-state index is 0.533. The van der Waals surface area contributed by atoms with Crippen LogP contribution in [0.1, 0.15) is 58.3 Å². The van der Waals surface area contributed by atoms with Gasteiger partial charge in [-0.05, 0) is 51.0 Å². The van der Waals surface area contributed by atoms with E-state index < -0.39 is 0 Å². The van der Waals surface area contributed by atoms with Crippen LogP contribution in [-0.2, 0) is 4.74 Å². The number of ether oxygens (including phenoxy) is 1. The largest absolute Gasteiger partial charge is 0.375 e. The molecule has 2 aliphatic carbocycles. The molecule has 1 aliphatic heterocycles. The molecule has 0 spiro atoms. The second-order valence-electron chi connectivity index (χ2n) is 7.50.